The van der Waals surface area contributed by atoms with Gasteiger partial charge in [0.2, 0.25) is 0 Å². The molecule has 0 saturated heterocycles. The van der Waals surface area contributed by atoms with Crippen molar-refractivity contribution in [2.75, 3.05) is 17.7 Å². The predicted molar refractivity (Wildman–Crippen MR) is 149 cm³/mol. The normalized spacial score (nSPS) is 14.4. The van der Waals surface area contributed by atoms with Crippen LogP contribution in [0.4, 0.5) is 19.9 Å². The lowest BCUT2D eigenvalue weighted by Crippen LogP contribution is -2.47. The topological polar surface area (TPSA) is 96.5 Å². The molecule has 3 N–H and O–H groups in total. The number of ether oxygens (including phenoxy) is 1. The van der Waals surface area contributed by atoms with Crippen LogP contribution in [0.3, 0.4) is 0 Å². The molecule has 0 radical (unpaired) electrons. The van der Waals surface area contributed by atoms with Crippen LogP contribution in [0.2, 0.25) is 10.0 Å². The van der Waals surface area contributed by atoms with Gasteiger partial charge in [-0.25, -0.2) is 14.0 Å². The van der Waals surface area contributed by atoms with E-state index in [1.54, 1.807) is 36.4 Å². The summed E-state index contributed by atoms with van der Waals surface area (Å²) in [6.45, 7) is 0. The predicted octanol–water partition coefficient (Wildman–Crippen LogP) is 7.36. The number of anilines is 2. The Hall–Kier alpha value is -3.14. The van der Waals surface area contributed by atoms with Crippen LogP contribution in [0.1, 0.15) is 42.5 Å². The van der Waals surface area contributed by atoms with E-state index in [9.17, 15) is 18.8 Å². The SMILES string of the molecule is COC(=O)[C@@H](NC(=O)c1cc(-c2ccc(F)cc2)sc1NC(=O)Nc1c(Cl)cccc1Cl)C1CCCCC1. The lowest BCUT2D eigenvalue weighted by molar-refractivity contribution is -0.144. The average Bonchev–Trinajstić information content (AvgIpc) is 3.33. The molecule has 200 valence electrons. The Kier molecular flexibility index (Phi) is 9.25. The molecule has 1 heterocycles. The molecule has 1 saturated carbocycles. The van der Waals surface area contributed by atoms with Crippen LogP contribution in [-0.4, -0.2) is 31.1 Å². The number of halogens is 3. The number of benzene rings is 2. The van der Waals surface area contributed by atoms with Crippen LogP contribution in [0.5, 0.6) is 0 Å². The minimum absolute atomic E-state index is 0.0440. The third-order valence-electron chi connectivity index (χ3n) is 6.40. The molecule has 3 aromatic rings. The standard InChI is InChI=1S/C27H26Cl2FN3O4S/c1-37-26(35)22(16-6-3-2-4-7-16)31-24(34)18-14-21(15-10-12-17(30)13-11-15)38-25(18)33-27(36)32-23-19(28)8-5-9-20(23)29/h5,8-14,16,22H,2-4,6-7H2,1H3,(H,31,34)(H2,32,33,36)/t22-/m0/s1. The molecule has 1 aliphatic rings. The first-order valence-corrected chi connectivity index (χ1v) is 13.6. The molecule has 0 spiro atoms. The smallest absolute Gasteiger partial charge is 0.328 e. The molecule has 1 aliphatic carbocycles. The summed E-state index contributed by atoms with van der Waals surface area (Å²) < 4.78 is 18.5. The maximum absolute atomic E-state index is 13.5. The highest BCUT2D eigenvalue weighted by atomic mass is 35.5. The Morgan fingerprint density at radius 2 is 1.66 bits per heavy atom. The molecule has 0 unspecified atom stereocenters. The van der Waals surface area contributed by atoms with E-state index in [0.717, 1.165) is 43.4 Å². The van der Waals surface area contributed by atoms with Gasteiger partial charge in [-0.15, -0.1) is 11.3 Å². The van der Waals surface area contributed by atoms with Crippen molar-refractivity contribution < 1.29 is 23.5 Å². The maximum Gasteiger partial charge on any atom is 0.328 e. The Morgan fingerprint density at radius 3 is 2.29 bits per heavy atom. The number of carbonyl (C=O) groups is 3. The highest BCUT2D eigenvalue weighted by Crippen LogP contribution is 2.37. The Morgan fingerprint density at radius 1 is 1.00 bits per heavy atom. The Balaban J connectivity index is 1.63. The first kappa shape index (κ1) is 27.9. The van der Waals surface area contributed by atoms with Gasteiger partial charge in [0.05, 0.1) is 28.4 Å². The average molecular weight is 578 g/mol. The van der Waals surface area contributed by atoms with Gasteiger partial charge in [0.1, 0.15) is 16.9 Å². The summed E-state index contributed by atoms with van der Waals surface area (Å²) in [5.74, 6) is -1.50. The number of hydrogen-bond donors (Lipinski definition) is 3. The molecule has 1 fully saturated rings. The minimum Gasteiger partial charge on any atom is -0.467 e. The number of nitrogens with one attached hydrogen (secondary N) is 3. The third-order valence-corrected chi connectivity index (χ3v) is 8.13. The quantitative estimate of drug-likeness (QED) is 0.255. The molecule has 0 bridgehead atoms. The number of methoxy groups -OCH3 is 1. The lowest BCUT2D eigenvalue weighted by atomic mass is 9.83. The van der Waals surface area contributed by atoms with Crippen molar-refractivity contribution in [1.29, 1.82) is 0 Å². The van der Waals surface area contributed by atoms with Gasteiger partial charge < -0.3 is 15.4 Å². The molecule has 2 aromatic carbocycles. The number of amides is 3. The van der Waals surface area contributed by atoms with Gasteiger partial charge in [-0.2, -0.15) is 0 Å². The van der Waals surface area contributed by atoms with Crippen molar-refractivity contribution in [2.45, 2.75) is 38.1 Å². The van der Waals surface area contributed by atoms with Crippen molar-refractivity contribution in [2.24, 2.45) is 5.92 Å². The second kappa shape index (κ2) is 12.6. The zero-order chi connectivity index (χ0) is 27.2. The van der Waals surface area contributed by atoms with E-state index in [1.165, 1.54) is 19.2 Å². The van der Waals surface area contributed by atoms with E-state index >= 15 is 0 Å². The molecule has 11 heteroatoms. The molecule has 4 rings (SSSR count). The molecule has 0 aliphatic heterocycles. The summed E-state index contributed by atoms with van der Waals surface area (Å²) in [4.78, 5) is 39.6. The number of rotatable bonds is 7. The maximum atomic E-state index is 13.5. The minimum atomic E-state index is -0.814. The zero-order valence-electron chi connectivity index (χ0n) is 20.5. The van der Waals surface area contributed by atoms with E-state index in [0.29, 0.717) is 10.4 Å². The largest absolute Gasteiger partial charge is 0.467 e. The van der Waals surface area contributed by atoms with Gasteiger partial charge in [-0.1, -0.05) is 60.7 Å². The number of carbonyl (C=O) groups excluding carboxylic acids is 3. The highest BCUT2D eigenvalue weighted by molar-refractivity contribution is 7.20. The monoisotopic (exact) mass is 577 g/mol. The van der Waals surface area contributed by atoms with Crippen LogP contribution in [-0.2, 0) is 9.53 Å². The highest BCUT2D eigenvalue weighted by Gasteiger charge is 2.33. The van der Waals surface area contributed by atoms with E-state index < -0.39 is 29.8 Å². The zero-order valence-corrected chi connectivity index (χ0v) is 22.8. The van der Waals surface area contributed by atoms with Crippen molar-refractivity contribution >= 4 is 63.1 Å². The van der Waals surface area contributed by atoms with Crippen LogP contribution in [0.25, 0.3) is 10.4 Å². The summed E-state index contributed by atoms with van der Waals surface area (Å²) in [6.07, 6.45) is 4.63. The Bertz CT molecular complexity index is 1310. The second-order valence-corrected chi connectivity index (χ2v) is 10.8. The molecule has 7 nitrogen and oxygen atoms in total. The van der Waals surface area contributed by atoms with Crippen molar-refractivity contribution in [3.05, 3.63) is 70.0 Å². The van der Waals surface area contributed by atoms with Gasteiger partial charge in [0, 0.05) is 4.88 Å². The number of para-hydroxylation sites is 1. The van der Waals surface area contributed by atoms with Crippen molar-refractivity contribution in [3.63, 3.8) is 0 Å². The van der Waals surface area contributed by atoms with Crippen molar-refractivity contribution in [3.8, 4) is 10.4 Å². The van der Waals surface area contributed by atoms with Crippen LogP contribution in [0, 0.1) is 11.7 Å². The summed E-state index contributed by atoms with van der Waals surface area (Å²) in [7, 11) is 1.29. The van der Waals surface area contributed by atoms with Crippen LogP contribution in [0.15, 0.2) is 48.5 Å². The van der Waals surface area contributed by atoms with E-state index in [-0.39, 0.29) is 32.2 Å². The molecule has 3 amide bonds. The van der Waals surface area contributed by atoms with Gasteiger partial charge in [0.15, 0.2) is 0 Å². The third kappa shape index (κ3) is 6.64. The molecule has 1 aromatic heterocycles. The second-order valence-electron chi connectivity index (χ2n) is 8.91. The van der Waals surface area contributed by atoms with Gasteiger partial charge in [0.25, 0.3) is 5.91 Å². The van der Waals surface area contributed by atoms with E-state index in [2.05, 4.69) is 16.0 Å². The molecule has 38 heavy (non-hydrogen) atoms. The fourth-order valence-electron chi connectivity index (χ4n) is 4.46. The molecular formula is C27H26Cl2FN3O4S. The summed E-state index contributed by atoms with van der Waals surface area (Å²) in [5.41, 5.74) is 1.03. The Labute approximate surface area is 233 Å². The summed E-state index contributed by atoms with van der Waals surface area (Å²) >= 11 is 13.5. The van der Waals surface area contributed by atoms with Crippen LogP contribution < -0.4 is 16.0 Å². The van der Waals surface area contributed by atoms with Gasteiger partial charge >= 0.3 is 12.0 Å². The summed E-state index contributed by atoms with van der Waals surface area (Å²) in [5, 5.41) is 8.85. The summed E-state index contributed by atoms with van der Waals surface area (Å²) in [6, 6.07) is 10.7. The van der Waals surface area contributed by atoms with E-state index in [4.69, 9.17) is 27.9 Å². The van der Waals surface area contributed by atoms with Crippen LogP contribution >= 0.6 is 34.5 Å². The first-order valence-electron chi connectivity index (χ1n) is 12.1. The lowest BCUT2D eigenvalue weighted by Gasteiger charge is -2.29. The molecule has 1 atom stereocenters. The fourth-order valence-corrected chi connectivity index (χ4v) is 6.00. The van der Waals surface area contributed by atoms with Crippen molar-refractivity contribution in [1.82, 2.24) is 5.32 Å². The van der Waals surface area contributed by atoms with E-state index in [1.807, 2.05) is 0 Å². The number of thiophene rings is 1. The number of esters is 1. The van der Waals surface area contributed by atoms with Gasteiger partial charge in [-0.3, -0.25) is 10.1 Å². The fraction of sp³-hybridized carbons (Fsp3) is 0.296. The number of urea groups is 1. The molecular weight excluding hydrogens is 552 g/mol. The van der Waals surface area contributed by atoms with Gasteiger partial charge in [-0.05, 0) is 54.7 Å². The first-order chi connectivity index (χ1) is 18.3. The number of hydrogen-bond acceptors (Lipinski definition) is 5.